The van der Waals surface area contributed by atoms with Crippen LogP contribution in [0.15, 0.2) is 71.2 Å². The molecule has 0 saturated heterocycles. The average Bonchev–Trinajstić information content (AvgIpc) is 2.43. The van der Waals surface area contributed by atoms with Crippen molar-refractivity contribution in [2.75, 3.05) is 0 Å². The summed E-state index contributed by atoms with van der Waals surface area (Å²) in [5.41, 5.74) is 1.21. The summed E-state index contributed by atoms with van der Waals surface area (Å²) in [6.07, 6.45) is 4.41. The van der Waals surface area contributed by atoms with Crippen LogP contribution in [0.2, 0.25) is 0 Å². The number of aliphatic hydroxyl groups is 3. The Morgan fingerprint density at radius 2 is 0.895 bits per heavy atom. The molecular weight excluding hydrogens is 259 g/mol. The lowest BCUT2D eigenvalue weighted by Crippen LogP contribution is -1.96. The van der Waals surface area contributed by atoms with Crippen molar-refractivity contribution in [3.8, 4) is 0 Å². The smallest absolute Gasteiger partial charge is 0.132 e. The van der Waals surface area contributed by atoms with Gasteiger partial charge < -0.3 is 15.3 Å². The van der Waals surface area contributed by atoms with Crippen LogP contribution in [0.5, 0.6) is 0 Å². The van der Waals surface area contributed by atoms with Gasteiger partial charge in [-0.1, -0.05) is 38.0 Å². The van der Waals surface area contributed by atoms with Gasteiger partial charge in [0.15, 0.2) is 0 Å². The predicted octanol–water partition coefficient (Wildman–Crippen LogP) is 5.39. The van der Waals surface area contributed by atoms with Gasteiger partial charge in [0.05, 0.1) is 0 Å². The molecule has 0 rings (SSSR count). The molecule has 0 atom stereocenters. The first-order valence-electron chi connectivity index (χ1n) is 5.68. The van der Waals surface area contributed by atoms with Crippen molar-refractivity contribution in [1.29, 1.82) is 0 Å². The Balaban J connectivity index is 6.16. The van der Waals surface area contributed by atoms with Crippen molar-refractivity contribution in [3.05, 3.63) is 71.2 Å². The lowest BCUT2D eigenvalue weighted by atomic mass is 10.3. The second-order valence-corrected chi connectivity index (χ2v) is 5.91. The third kappa shape index (κ3) is 4.15. The first-order valence-corrected chi connectivity index (χ1v) is 7.02. The average molecular weight is 280 g/mol. The molecule has 0 saturated carbocycles. The Hall–Kier alpha value is -1.73. The van der Waals surface area contributed by atoms with E-state index in [1.807, 2.05) is 0 Å². The Labute approximate surface area is 116 Å². The molecule has 0 fully saturated rings. The molecule has 0 aliphatic heterocycles. The molecule has 0 heterocycles. The van der Waals surface area contributed by atoms with Crippen LogP contribution in [0.3, 0.4) is 0 Å². The maximum atomic E-state index is 10.2. The summed E-state index contributed by atoms with van der Waals surface area (Å²) in [5, 5.41) is 30.6. The van der Waals surface area contributed by atoms with Crippen LogP contribution in [-0.4, -0.2) is 15.3 Å². The van der Waals surface area contributed by atoms with E-state index in [1.165, 1.54) is 18.2 Å². The van der Waals surface area contributed by atoms with Gasteiger partial charge in [0.2, 0.25) is 0 Å². The van der Waals surface area contributed by atoms with E-state index in [0.717, 1.165) is 0 Å². The molecule has 0 aromatic heterocycles. The standard InChI is InChI=1S/C15H21O3P/c1-7-10(4)13(16)19(14(17)11(5)8-2)15(18)12(6)9-3/h7-9,16-18H,1-3H2,4-6H3/b13-10+,14-11+,15-12+. The highest BCUT2D eigenvalue weighted by Gasteiger charge is 2.26. The summed E-state index contributed by atoms with van der Waals surface area (Å²) in [5.74, 6) is 0. The van der Waals surface area contributed by atoms with Gasteiger partial charge in [0.1, 0.15) is 24.4 Å². The van der Waals surface area contributed by atoms with Gasteiger partial charge in [-0.15, -0.1) is 0 Å². The number of hydrogen-bond acceptors (Lipinski definition) is 3. The van der Waals surface area contributed by atoms with Crippen LogP contribution in [0.1, 0.15) is 20.8 Å². The van der Waals surface area contributed by atoms with Crippen molar-refractivity contribution in [3.63, 3.8) is 0 Å². The highest BCUT2D eigenvalue weighted by atomic mass is 31.1. The topological polar surface area (TPSA) is 60.7 Å². The molecule has 0 spiro atoms. The van der Waals surface area contributed by atoms with Gasteiger partial charge in [-0.2, -0.15) is 0 Å². The highest BCUT2D eigenvalue weighted by Crippen LogP contribution is 2.58. The maximum Gasteiger partial charge on any atom is 0.132 e. The molecule has 0 aliphatic rings. The minimum absolute atomic E-state index is 0.0950. The van der Waals surface area contributed by atoms with Crippen LogP contribution in [0, 0.1) is 0 Å². The Morgan fingerprint density at radius 3 is 1.05 bits per heavy atom. The van der Waals surface area contributed by atoms with Crippen molar-refractivity contribution < 1.29 is 15.3 Å². The minimum atomic E-state index is -1.79. The molecular formula is C15H21O3P. The van der Waals surface area contributed by atoms with Crippen molar-refractivity contribution in [2.45, 2.75) is 20.8 Å². The molecule has 3 nitrogen and oxygen atoms in total. The molecule has 0 amide bonds. The van der Waals surface area contributed by atoms with Crippen molar-refractivity contribution >= 4 is 7.92 Å². The fourth-order valence-electron chi connectivity index (χ4n) is 1.10. The van der Waals surface area contributed by atoms with E-state index < -0.39 is 7.92 Å². The third-order valence-electron chi connectivity index (χ3n) is 2.61. The molecule has 0 aromatic carbocycles. The van der Waals surface area contributed by atoms with Crippen LogP contribution in [-0.2, 0) is 0 Å². The second-order valence-electron chi connectivity index (χ2n) is 3.97. The van der Waals surface area contributed by atoms with Crippen LogP contribution < -0.4 is 0 Å². The van der Waals surface area contributed by atoms with Crippen molar-refractivity contribution in [1.82, 2.24) is 0 Å². The molecule has 0 bridgehead atoms. The minimum Gasteiger partial charge on any atom is -0.507 e. The number of aliphatic hydroxyl groups excluding tert-OH is 3. The number of allylic oxidation sites excluding steroid dienone is 6. The SMILES string of the molecule is C=C/C(C)=C(\O)P(/C(O)=C(\C)C=C)/C(O)=C(\C)C=C. The van der Waals surface area contributed by atoms with E-state index in [-0.39, 0.29) is 16.5 Å². The summed E-state index contributed by atoms with van der Waals surface area (Å²) < 4.78 is 0. The summed E-state index contributed by atoms with van der Waals surface area (Å²) >= 11 is 0. The fraction of sp³-hybridized carbons (Fsp3) is 0.200. The lowest BCUT2D eigenvalue weighted by Gasteiger charge is -2.19. The van der Waals surface area contributed by atoms with Crippen LogP contribution in [0.4, 0.5) is 0 Å². The lowest BCUT2D eigenvalue weighted by molar-refractivity contribution is 0.412. The van der Waals surface area contributed by atoms with Gasteiger partial charge in [-0.05, 0) is 37.5 Å². The Bertz CT molecular complexity index is 410. The molecule has 3 N–H and O–H groups in total. The van der Waals surface area contributed by atoms with Gasteiger partial charge in [-0.3, -0.25) is 0 Å². The van der Waals surface area contributed by atoms with E-state index in [2.05, 4.69) is 19.7 Å². The zero-order valence-corrected chi connectivity index (χ0v) is 12.5. The largest absolute Gasteiger partial charge is 0.507 e. The maximum absolute atomic E-state index is 10.2. The monoisotopic (exact) mass is 280 g/mol. The third-order valence-corrected chi connectivity index (χ3v) is 4.94. The van der Waals surface area contributed by atoms with E-state index >= 15 is 0 Å². The first-order chi connectivity index (χ1) is 8.81. The number of rotatable bonds is 6. The van der Waals surface area contributed by atoms with E-state index in [0.29, 0.717) is 16.7 Å². The molecule has 19 heavy (non-hydrogen) atoms. The zero-order valence-electron chi connectivity index (χ0n) is 11.6. The Kier molecular flexibility index (Phi) is 6.95. The van der Waals surface area contributed by atoms with E-state index in [9.17, 15) is 15.3 Å². The molecule has 4 heteroatoms. The van der Waals surface area contributed by atoms with Crippen LogP contribution >= 0.6 is 7.92 Å². The fourth-order valence-corrected chi connectivity index (χ4v) is 3.04. The Morgan fingerprint density at radius 1 is 0.684 bits per heavy atom. The van der Waals surface area contributed by atoms with Crippen molar-refractivity contribution in [2.24, 2.45) is 0 Å². The van der Waals surface area contributed by atoms with Gasteiger partial charge in [0, 0.05) is 0 Å². The summed E-state index contributed by atoms with van der Waals surface area (Å²) in [4.78, 5) is 0. The zero-order chi connectivity index (χ0) is 15.2. The second kappa shape index (κ2) is 7.65. The molecule has 0 aromatic rings. The number of hydrogen-bond donors (Lipinski definition) is 3. The highest BCUT2D eigenvalue weighted by molar-refractivity contribution is 7.69. The molecule has 0 aliphatic carbocycles. The summed E-state index contributed by atoms with van der Waals surface area (Å²) in [6.45, 7) is 15.7. The normalized spacial score (nSPS) is 15.2. The van der Waals surface area contributed by atoms with Crippen LogP contribution in [0.25, 0.3) is 0 Å². The van der Waals surface area contributed by atoms with Gasteiger partial charge >= 0.3 is 0 Å². The predicted molar refractivity (Wildman–Crippen MR) is 83.5 cm³/mol. The molecule has 0 unspecified atom stereocenters. The molecule has 104 valence electrons. The quantitative estimate of drug-likeness (QED) is 0.347. The van der Waals surface area contributed by atoms with Gasteiger partial charge in [-0.25, -0.2) is 0 Å². The first kappa shape index (κ1) is 17.3. The molecule has 0 radical (unpaired) electrons. The van der Waals surface area contributed by atoms with E-state index in [1.54, 1.807) is 20.8 Å². The summed E-state index contributed by atoms with van der Waals surface area (Å²) in [7, 11) is -1.79. The van der Waals surface area contributed by atoms with Gasteiger partial charge in [0.25, 0.3) is 0 Å². The summed E-state index contributed by atoms with van der Waals surface area (Å²) in [6, 6.07) is 0. The van der Waals surface area contributed by atoms with E-state index in [4.69, 9.17) is 0 Å².